The van der Waals surface area contributed by atoms with E-state index in [1.165, 1.54) is 64.2 Å². The van der Waals surface area contributed by atoms with Crippen LogP contribution in [-0.4, -0.2) is 42.8 Å². The maximum atomic E-state index is 12.1. The van der Waals surface area contributed by atoms with Gasteiger partial charge < -0.3 is 21.7 Å². The zero-order valence-corrected chi connectivity index (χ0v) is 22.7. The predicted octanol–water partition coefficient (Wildman–Crippen LogP) is 3.91. The van der Waals surface area contributed by atoms with Crippen LogP contribution in [0.25, 0.3) is 0 Å². The topological polar surface area (TPSA) is 130 Å². The number of nitrogens with one attached hydrogen (secondary N) is 3. The molecule has 37 heavy (non-hydrogen) atoms. The van der Waals surface area contributed by atoms with Crippen LogP contribution in [0, 0.1) is 0 Å². The van der Waals surface area contributed by atoms with Gasteiger partial charge >= 0.3 is 0 Å². The number of benzene rings is 1. The third kappa shape index (κ3) is 18.1. The lowest BCUT2D eigenvalue weighted by Gasteiger charge is -2.16. The molecule has 0 unspecified atom stereocenters. The zero-order chi connectivity index (χ0) is 27.1. The van der Waals surface area contributed by atoms with Crippen LogP contribution >= 0.6 is 0 Å². The van der Waals surface area contributed by atoms with Crippen molar-refractivity contribution in [3.8, 4) is 0 Å². The van der Waals surface area contributed by atoms with Crippen molar-refractivity contribution < 1.29 is 19.2 Å². The van der Waals surface area contributed by atoms with E-state index in [4.69, 9.17) is 5.73 Å². The van der Waals surface area contributed by atoms with Crippen molar-refractivity contribution in [2.45, 2.75) is 109 Å². The largest absolute Gasteiger partial charge is 0.368 e. The molecule has 0 saturated carbocycles. The molecule has 1 aromatic rings. The van der Waals surface area contributed by atoms with Gasteiger partial charge in [-0.15, -0.1) is 0 Å². The Labute approximate surface area is 222 Å². The minimum absolute atomic E-state index is 0.167. The first kappa shape index (κ1) is 32.1. The summed E-state index contributed by atoms with van der Waals surface area (Å²) < 4.78 is 0. The lowest BCUT2D eigenvalue weighted by Crippen LogP contribution is -2.49. The Morgan fingerprint density at radius 2 is 1.16 bits per heavy atom. The molecule has 0 aliphatic heterocycles. The van der Waals surface area contributed by atoms with Crippen molar-refractivity contribution in [2.75, 3.05) is 13.1 Å². The number of hydrogen-bond acceptors (Lipinski definition) is 4. The molecule has 8 nitrogen and oxygen atoms in total. The van der Waals surface area contributed by atoms with E-state index in [1.54, 1.807) is 0 Å². The van der Waals surface area contributed by atoms with Crippen molar-refractivity contribution in [3.63, 3.8) is 0 Å². The summed E-state index contributed by atoms with van der Waals surface area (Å²) in [6.07, 6.45) is 16.9. The minimum Gasteiger partial charge on any atom is -0.368 e. The van der Waals surface area contributed by atoms with Gasteiger partial charge in [-0.05, 0) is 12.0 Å². The second kappa shape index (κ2) is 21.2. The van der Waals surface area contributed by atoms with E-state index in [-0.39, 0.29) is 25.4 Å². The van der Waals surface area contributed by atoms with E-state index in [0.717, 1.165) is 24.8 Å². The highest BCUT2D eigenvalue weighted by molar-refractivity contribution is 5.90. The molecule has 0 heterocycles. The van der Waals surface area contributed by atoms with Gasteiger partial charge in [0.1, 0.15) is 6.04 Å². The maximum Gasteiger partial charge on any atom is 0.240 e. The quantitative estimate of drug-likeness (QED) is 0.174. The SMILES string of the molecule is CCCCCCCCCCCCCCCC(=O)NCC(=O)NCC(=O)N[C@@H](Cc1ccccc1)C(N)=O. The summed E-state index contributed by atoms with van der Waals surface area (Å²) in [7, 11) is 0. The normalized spacial score (nSPS) is 11.5. The van der Waals surface area contributed by atoms with Gasteiger partial charge in [-0.2, -0.15) is 0 Å². The highest BCUT2D eigenvalue weighted by Gasteiger charge is 2.19. The summed E-state index contributed by atoms with van der Waals surface area (Å²) in [5.74, 6) is -1.80. The van der Waals surface area contributed by atoms with Gasteiger partial charge in [0.2, 0.25) is 23.6 Å². The molecule has 5 N–H and O–H groups in total. The Balaban J connectivity index is 2.03. The average molecular weight is 517 g/mol. The van der Waals surface area contributed by atoms with Gasteiger partial charge in [-0.1, -0.05) is 114 Å². The van der Waals surface area contributed by atoms with E-state index >= 15 is 0 Å². The molecule has 0 aromatic heterocycles. The van der Waals surface area contributed by atoms with Crippen molar-refractivity contribution in [2.24, 2.45) is 5.73 Å². The monoisotopic (exact) mass is 516 g/mol. The maximum absolute atomic E-state index is 12.1. The van der Waals surface area contributed by atoms with Crippen LogP contribution in [0.3, 0.4) is 0 Å². The molecule has 0 aliphatic rings. The van der Waals surface area contributed by atoms with Crippen LogP contribution in [0.2, 0.25) is 0 Å². The van der Waals surface area contributed by atoms with Crippen LogP contribution in [0.4, 0.5) is 0 Å². The smallest absolute Gasteiger partial charge is 0.240 e. The molecule has 0 bridgehead atoms. The number of carbonyl (C=O) groups excluding carboxylic acids is 4. The van der Waals surface area contributed by atoms with E-state index in [9.17, 15) is 19.2 Å². The Hall–Kier alpha value is -2.90. The van der Waals surface area contributed by atoms with Gasteiger partial charge in [-0.25, -0.2) is 0 Å². The van der Waals surface area contributed by atoms with Gasteiger partial charge in [0.05, 0.1) is 13.1 Å². The molecule has 8 heteroatoms. The summed E-state index contributed by atoms with van der Waals surface area (Å²) in [5.41, 5.74) is 6.25. The molecule has 0 fully saturated rings. The van der Waals surface area contributed by atoms with Gasteiger partial charge in [0.15, 0.2) is 0 Å². The Morgan fingerprint density at radius 1 is 0.676 bits per heavy atom. The van der Waals surface area contributed by atoms with Crippen LogP contribution in [0.1, 0.15) is 102 Å². The summed E-state index contributed by atoms with van der Waals surface area (Å²) >= 11 is 0. The Morgan fingerprint density at radius 3 is 1.70 bits per heavy atom. The molecule has 208 valence electrons. The third-order valence-electron chi connectivity index (χ3n) is 6.36. The first-order valence-corrected chi connectivity index (χ1v) is 14.1. The number of hydrogen-bond donors (Lipinski definition) is 4. The second-order valence-corrected chi connectivity index (χ2v) is 9.76. The van der Waals surface area contributed by atoms with Crippen molar-refractivity contribution in [3.05, 3.63) is 35.9 Å². The van der Waals surface area contributed by atoms with E-state index < -0.39 is 23.8 Å². The highest BCUT2D eigenvalue weighted by Crippen LogP contribution is 2.13. The molecule has 1 aromatic carbocycles. The fourth-order valence-electron chi connectivity index (χ4n) is 4.13. The first-order valence-electron chi connectivity index (χ1n) is 14.1. The highest BCUT2D eigenvalue weighted by atomic mass is 16.2. The number of unbranched alkanes of at least 4 members (excludes halogenated alkanes) is 12. The summed E-state index contributed by atoms with van der Waals surface area (Å²) in [6.45, 7) is 1.76. The van der Waals surface area contributed by atoms with Gasteiger partial charge in [-0.3, -0.25) is 19.2 Å². The lowest BCUT2D eigenvalue weighted by molar-refractivity contribution is -0.129. The summed E-state index contributed by atoms with van der Waals surface area (Å²) in [6, 6.07) is 8.33. The molecule has 0 spiro atoms. The van der Waals surface area contributed by atoms with Gasteiger partial charge in [0, 0.05) is 12.8 Å². The summed E-state index contributed by atoms with van der Waals surface area (Å²) in [4.78, 5) is 47.7. The van der Waals surface area contributed by atoms with E-state index in [0.29, 0.717) is 6.42 Å². The third-order valence-corrected chi connectivity index (χ3v) is 6.36. The second-order valence-electron chi connectivity index (χ2n) is 9.76. The standard InChI is InChI=1S/C29H48N4O4/c1-2-3-4-5-6-7-8-9-10-11-12-13-17-20-26(34)31-22-27(35)32-23-28(36)33-25(29(30)37)21-24-18-15-14-16-19-24/h14-16,18-19,25H,2-13,17,20-23H2,1H3,(H2,30,37)(H,31,34)(H,32,35)(H,33,36)/t25-/m0/s1. The lowest BCUT2D eigenvalue weighted by atomic mass is 10.0. The van der Waals surface area contributed by atoms with Crippen LogP contribution < -0.4 is 21.7 Å². The van der Waals surface area contributed by atoms with Crippen molar-refractivity contribution in [1.29, 1.82) is 0 Å². The number of primary amides is 1. The number of carbonyl (C=O) groups is 4. The fraction of sp³-hybridized carbons (Fsp3) is 0.655. The Bertz CT molecular complexity index is 785. The number of amides is 4. The number of rotatable bonds is 22. The van der Waals surface area contributed by atoms with E-state index in [2.05, 4.69) is 22.9 Å². The number of nitrogens with two attached hydrogens (primary N) is 1. The Kier molecular flexibility index (Phi) is 18.4. The summed E-state index contributed by atoms with van der Waals surface area (Å²) in [5, 5.41) is 7.57. The molecule has 4 amide bonds. The molecular formula is C29H48N4O4. The van der Waals surface area contributed by atoms with Crippen molar-refractivity contribution in [1.82, 2.24) is 16.0 Å². The average Bonchev–Trinajstić information content (AvgIpc) is 2.89. The molecule has 1 rings (SSSR count). The van der Waals surface area contributed by atoms with Crippen LogP contribution in [0.15, 0.2) is 30.3 Å². The van der Waals surface area contributed by atoms with Gasteiger partial charge in [0.25, 0.3) is 0 Å². The first-order chi connectivity index (χ1) is 17.9. The van der Waals surface area contributed by atoms with Crippen LogP contribution in [-0.2, 0) is 25.6 Å². The predicted molar refractivity (Wildman–Crippen MR) is 148 cm³/mol. The fourth-order valence-corrected chi connectivity index (χ4v) is 4.13. The minimum atomic E-state index is -0.869. The molecule has 0 radical (unpaired) electrons. The molecule has 0 saturated heterocycles. The van der Waals surface area contributed by atoms with Crippen molar-refractivity contribution >= 4 is 23.6 Å². The molecule has 0 aliphatic carbocycles. The molecular weight excluding hydrogens is 468 g/mol. The van der Waals surface area contributed by atoms with Crippen LogP contribution in [0.5, 0.6) is 0 Å². The molecule has 1 atom stereocenters. The zero-order valence-electron chi connectivity index (χ0n) is 22.7. The van der Waals surface area contributed by atoms with E-state index in [1.807, 2.05) is 30.3 Å².